The summed E-state index contributed by atoms with van der Waals surface area (Å²) >= 11 is 0. The lowest BCUT2D eigenvalue weighted by Crippen LogP contribution is -2.35. The highest BCUT2D eigenvalue weighted by Crippen LogP contribution is 2.26. The Kier molecular flexibility index (Phi) is 5.10. The van der Waals surface area contributed by atoms with Crippen LogP contribution in [0, 0.1) is 6.92 Å². The number of carboxylic acids is 1. The molecule has 1 amide bonds. The van der Waals surface area contributed by atoms with E-state index < -0.39 is 28.4 Å². The van der Waals surface area contributed by atoms with Crippen LogP contribution >= 0.6 is 0 Å². The normalized spacial score (nSPS) is 15.7. The van der Waals surface area contributed by atoms with E-state index in [1.165, 1.54) is 17.3 Å². The van der Waals surface area contributed by atoms with Crippen LogP contribution in [-0.2, 0) is 14.8 Å². The quantitative estimate of drug-likeness (QED) is 0.822. The third kappa shape index (κ3) is 3.56. The van der Waals surface area contributed by atoms with Crippen LogP contribution < -0.4 is 0 Å². The number of likely N-dealkylation sites (N-methyl/N-ethyl adjacent to an activating group) is 1. The smallest absolute Gasteiger partial charge is 0.323 e. The fraction of sp³-hybridized carbons (Fsp3) is 0.571. The number of carbonyl (C=O) groups excluding carboxylic acids is 1. The molecule has 0 atom stereocenters. The zero-order valence-electron chi connectivity index (χ0n) is 13.1. The molecule has 0 radical (unpaired) electrons. The second-order valence-corrected chi connectivity index (χ2v) is 7.26. The molecule has 1 aliphatic heterocycles. The number of amides is 1. The molecule has 1 aliphatic rings. The first-order valence-electron chi connectivity index (χ1n) is 7.39. The fourth-order valence-electron chi connectivity index (χ4n) is 2.54. The highest BCUT2D eigenvalue weighted by atomic mass is 32.2. The maximum atomic E-state index is 12.6. The summed E-state index contributed by atoms with van der Waals surface area (Å²) in [6, 6.07) is 1.19. The maximum absolute atomic E-state index is 12.6. The number of aliphatic carboxylic acids is 1. The molecule has 23 heavy (non-hydrogen) atoms. The number of carbonyl (C=O) groups is 2. The highest BCUT2D eigenvalue weighted by molar-refractivity contribution is 7.89. The summed E-state index contributed by atoms with van der Waals surface area (Å²) < 4.78 is 31.8. The minimum Gasteiger partial charge on any atom is -0.480 e. The predicted molar refractivity (Wildman–Crippen MR) is 80.7 cm³/mol. The van der Waals surface area contributed by atoms with Crippen LogP contribution in [-0.4, -0.2) is 60.8 Å². The number of hydrogen-bond donors (Lipinski definition) is 1. The van der Waals surface area contributed by atoms with Gasteiger partial charge in [-0.1, -0.05) is 0 Å². The van der Waals surface area contributed by atoms with Gasteiger partial charge in [-0.3, -0.25) is 9.59 Å². The summed E-state index contributed by atoms with van der Waals surface area (Å²) in [5.74, 6) is -1.82. The molecule has 9 heteroatoms. The van der Waals surface area contributed by atoms with Crippen LogP contribution in [0.1, 0.15) is 36.1 Å². The Balaban J connectivity index is 2.30. The van der Waals surface area contributed by atoms with Crippen molar-refractivity contribution in [3.05, 3.63) is 17.6 Å². The molecule has 1 fully saturated rings. The van der Waals surface area contributed by atoms with E-state index in [-0.39, 0.29) is 23.0 Å². The van der Waals surface area contributed by atoms with E-state index in [0.29, 0.717) is 13.1 Å². The number of nitrogens with zero attached hydrogens (tertiary/aromatic N) is 2. The lowest BCUT2D eigenvalue weighted by atomic mass is 10.3. The largest absolute Gasteiger partial charge is 0.480 e. The van der Waals surface area contributed by atoms with Crippen molar-refractivity contribution in [1.29, 1.82) is 0 Å². The van der Waals surface area contributed by atoms with Gasteiger partial charge in [0, 0.05) is 25.7 Å². The van der Waals surface area contributed by atoms with Gasteiger partial charge in [0.1, 0.15) is 17.2 Å². The molecule has 0 saturated carbocycles. The Bertz CT molecular complexity index is 703. The first kappa shape index (κ1) is 17.5. The van der Waals surface area contributed by atoms with Gasteiger partial charge in [0.05, 0.1) is 0 Å². The Hall–Kier alpha value is -1.87. The van der Waals surface area contributed by atoms with Crippen LogP contribution in [0.15, 0.2) is 15.4 Å². The van der Waals surface area contributed by atoms with Crippen LogP contribution in [0.2, 0.25) is 0 Å². The number of furan rings is 1. The predicted octanol–water partition coefficient (Wildman–Crippen LogP) is 0.919. The van der Waals surface area contributed by atoms with Crippen molar-refractivity contribution in [3.8, 4) is 0 Å². The van der Waals surface area contributed by atoms with E-state index in [1.54, 1.807) is 6.92 Å². The summed E-state index contributed by atoms with van der Waals surface area (Å²) in [5, 5.41) is 8.82. The zero-order valence-corrected chi connectivity index (χ0v) is 13.9. The van der Waals surface area contributed by atoms with Crippen LogP contribution in [0.25, 0.3) is 0 Å². The van der Waals surface area contributed by atoms with Gasteiger partial charge in [-0.25, -0.2) is 8.42 Å². The molecule has 2 rings (SSSR count). The van der Waals surface area contributed by atoms with Crippen molar-refractivity contribution >= 4 is 21.9 Å². The summed E-state index contributed by atoms with van der Waals surface area (Å²) in [5.41, 5.74) is 0. The Morgan fingerprint density at radius 2 is 1.96 bits per heavy atom. The van der Waals surface area contributed by atoms with Gasteiger partial charge in [-0.2, -0.15) is 4.31 Å². The summed E-state index contributed by atoms with van der Waals surface area (Å²) in [7, 11) is -3.69. The van der Waals surface area contributed by atoms with Gasteiger partial charge in [-0.15, -0.1) is 0 Å². The third-order valence-corrected chi connectivity index (χ3v) is 5.77. The fourth-order valence-corrected chi connectivity index (χ4v) is 4.22. The number of hydrogen-bond acceptors (Lipinski definition) is 5. The molecular formula is C14H20N2O6S. The highest BCUT2D eigenvalue weighted by Gasteiger charge is 2.32. The van der Waals surface area contributed by atoms with Crippen LogP contribution in [0.3, 0.4) is 0 Å². The molecule has 2 heterocycles. The minimum atomic E-state index is -3.69. The lowest BCUT2D eigenvalue weighted by Gasteiger charge is -2.16. The summed E-state index contributed by atoms with van der Waals surface area (Å²) in [4.78, 5) is 24.1. The molecule has 1 aromatic heterocycles. The van der Waals surface area contributed by atoms with Crippen molar-refractivity contribution in [2.45, 2.75) is 31.6 Å². The van der Waals surface area contributed by atoms with Crippen molar-refractivity contribution in [3.63, 3.8) is 0 Å². The van der Waals surface area contributed by atoms with E-state index in [2.05, 4.69) is 0 Å². The molecule has 8 nitrogen and oxygen atoms in total. The second kappa shape index (κ2) is 6.71. The molecule has 0 aromatic carbocycles. The molecule has 1 aromatic rings. The van der Waals surface area contributed by atoms with Crippen molar-refractivity contribution in [2.75, 3.05) is 26.2 Å². The topological polar surface area (TPSA) is 108 Å². The molecule has 0 unspecified atom stereocenters. The first-order valence-corrected chi connectivity index (χ1v) is 8.83. The standard InChI is InChI=1S/C14H20N2O6S/c1-3-15(9-13(17)18)14(19)11-8-12(10(2)22-11)23(20,21)16-6-4-5-7-16/h8H,3-7,9H2,1-2H3,(H,17,18). The molecule has 1 N–H and O–H groups in total. The number of sulfonamides is 1. The zero-order chi connectivity index (χ0) is 17.2. The van der Waals surface area contributed by atoms with Crippen molar-refractivity contribution in [1.82, 2.24) is 9.21 Å². The average molecular weight is 344 g/mol. The third-order valence-electron chi connectivity index (χ3n) is 3.76. The SMILES string of the molecule is CCN(CC(=O)O)C(=O)c1cc(S(=O)(=O)N2CCCC2)c(C)o1. The maximum Gasteiger partial charge on any atom is 0.323 e. The van der Waals surface area contributed by atoms with Crippen molar-refractivity contribution in [2.24, 2.45) is 0 Å². The molecule has 128 valence electrons. The number of aryl methyl sites for hydroxylation is 1. The van der Waals surface area contributed by atoms with Gasteiger partial charge in [0.15, 0.2) is 5.76 Å². The van der Waals surface area contributed by atoms with Crippen LogP contribution in [0.4, 0.5) is 0 Å². The number of rotatable bonds is 6. The molecule has 0 aliphatic carbocycles. The summed E-state index contributed by atoms with van der Waals surface area (Å²) in [6.45, 7) is 3.74. The Morgan fingerprint density at radius 3 is 2.48 bits per heavy atom. The molecule has 0 bridgehead atoms. The number of carboxylic acid groups (broad SMARTS) is 1. The van der Waals surface area contributed by atoms with Crippen LogP contribution in [0.5, 0.6) is 0 Å². The monoisotopic (exact) mass is 344 g/mol. The van der Waals surface area contributed by atoms with E-state index in [4.69, 9.17) is 9.52 Å². The van der Waals surface area contributed by atoms with Gasteiger partial charge in [0.2, 0.25) is 10.0 Å². The lowest BCUT2D eigenvalue weighted by molar-refractivity contribution is -0.137. The van der Waals surface area contributed by atoms with Gasteiger partial charge < -0.3 is 14.4 Å². The minimum absolute atomic E-state index is 0.0332. The van der Waals surface area contributed by atoms with Gasteiger partial charge in [0.25, 0.3) is 5.91 Å². The summed E-state index contributed by atoms with van der Waals surface area (Å²) in [6.07, 6.45) is 1.62. The first-order chi connectivity index (χ1) is 10.8. The van der Waals surface area contributed by atoms with Gasteiger partial charge in [-0.05, 0) is 26.7 Å². The Morgan fingerprint density at radius 1 is 1.35 bits per heavy atom. The van der Waals surface area contributed by atoms with E-state index in [9.17, 15) is 18.0 Å². The Labute approximate surface area is 134 Å². The van der Waals surface area contributed by atoms with Crippen molar-refractivity contribution < 1.29 is 27.5 Å². The van der Waals surface area contributed by atoms with E-state index in [1.807, 2.05) is 0 Å². The second-order valence-electron chi connectivity index (χ2n) is 5.36. The van der Waals surface area contributed by atoms with E-state index in [0.717, 1.165) is 17.7 Å². The average Bonchev–Trinajstić information content (AvgIpc) is 3.13. The van der Waals surface area contributed by atoms with Gasteiger partial charge >= 0.3 is 5.97 Å². The van der Waals surface area contributed by atoms with E-state index >= 15 is 0 Å². The molecular weight excluding hydrogens is 324 g/mol. The molecule has 1 saturated heterocycles. The molecule has 0 spiro atoms.